The van der Waals surface area contributed by atoms with Crippen LogP contribution in [0.1, 0.15) is 54.7 Å². The van der Waals surface area contributed by atoms with Crippen molar-refractivity contribution < 1.29 is 19.1 Å². The van der Waals surface area contributed by atoms with Crippen molar-refractivity contribution in [1.82, 2.24) is 4.57 Å². The number of ketones is 1. The highest BCUT2D eigenvalue weighted by molar-refractivity contribution is 7.12. The topological polar surface area (TPSA) is 57.5 Å². The average Bonchev–Trinajstić information content (AvgIpc) is 3.29. The molecule has 5 nitrogen and oxygen atoms in total. The Balaban J connectivity index is 1.66. The molecule has 0 spiro atoms. The Morgan fingerprint density at radius 2 is 2.00 bits per heavy atom. The fraction of sp³-hybridized carbons (Fsp3) is 0.500. The van der Waals surface area contributed by atoms with E-state index in [1.165, 1.54) is 0 Å². The second-order valence-electron chi connectivity index (χ2n) is 6.86. The molecular weight excluding hydrogens is 350 g/mol. The first-order chi connectivity index (χ1) is 12.4. The molecule has 0 aromatic carbocycles. The predicted molar refractivity (Wildman–Crippen MR) is 101 cm³/mol. The van der Waals surface area contributed by atoms with Gasteiger partial charge in [0.05, 0.1) is 11.7 Å². The molecule has 0 radical (unpaired) electrons. The normalized spacial score (nSPS) is 16.8. The molecule has 3 rings (SSSR count). The number of hydrogen-bond acceptors (Lipinski definition) is 5. The molecule has 1 saturated heterocycles. The van der Waals surface area contributed by atoms with Crippen LogP contribution in [-0.4, -0.2) is 35.6 Å². The monoisotopic (exact) mass is 375 g/mol. The zero-order valence-electron chi connectivity index (χ0n) is 15.8. The van der Waals surface area contributed by atoms with Gasteiger partial charge in [0.2, 0.25) is 5.78 Å². The number of aromatic nitrogens is 1. The van der Waals surface area contributed by atoms with Gasteiger partial charge in [0.15, 0.2) is 6.61 Å². The maximum atomic E-state index is 12.6. The van der Waals surface area contributed by atoms with E-state index < -0.39 is 5.97 Å². The SMILES string of the molecule is Cc1cc(C(=O)OCC(=O)c2cc(C)n(C[C@H]3CCCO3)c2C)c(C)s1. The summed E-state index contributed by atoms with van der Waals surface area (Å²) in [5.41, 5.74) is 3.09. The van der Waals surface area contributed by atoms with Crippen molar-refractivity contribution in [2.24, 2.45) is 0 Å². The van der Waals surface area contributed by atoms with Gasteiger partial charge in [-0.15, -0.1) is 11.3 Å². The third-order valence-electron chi connectivity index (χ3n) is 4.88. The Labute approximate surface area is 157 Å². The second kappa shape index (κ2) is 7.76. The minimum atomic E-state index is -0.437. The Hall–Kier alpha value is -1.92. The summed E-state index contributed by atoms with van der Waals surface area (Å²) in [6, 6.07) is 3.68. The number of aryl methyl sites for hydroxylation is 3. The van der Waals surface area contributed by atoms with Gasteiger partial charge in [-0.05, 0) is 52.7 Å². The van der Waals surface area contributed by atoms with Crippen LogP contribution in [0.5, 0.6) is 0 Å². The number of esters is 1. The summed E-state index contributed by atoms with van der Waals surface area (Å²) in [4.78, 5) is 26.8. The van der Waals surface area contributed by atoms with Crippen LogP contribution in [-0.2, 0) is 16.0 Å². The van der Waals surface area contributed by atoms with Crippen LogP contribution in [0, 0.1) is 27.7 Å². The van der Waals surface area contributed by atoms with Crippen LogP contribution in [0.3, 0.4) is 0 Å². The number of nitrogens with zero attached hydrogens (tertiary/aromatic N) is 1. The van der Waals surface area contributed by atoms with Crippen molar-refractivity contribution in [1.29, 1.82) is 0 Å². The smallest absolute Gasteiger partial charge is 0.339 e. The first-order valence-electron chi connectivity index (χ1n) is 8.92. The van der Waals surface area contributed by atoms with E-state index in [9.17, 15) is 9.59 Å². The number of carbonyl (C=O) groups excluding carboxylic acids is 2. The summed E-state index contributed by atoms with van der Waals surface area (Å²) in [6.07, 6.45) is 2.36. The number of hydrogen-bond donors (Lipinski definition) is 0. The van der Waals surface area contributed by atoms with E-state index >= 15 is 0 Å². The van der Waals surface area contributed by atoms with Crippen molar-refractivity contribution >= 4 is 23.1 Å². The Bertz CT molecular complexity index is 827. The van der Waals surface area contributed by atoms with Crippen molar-refractivity contribution in [3.05, 3.63) is 44.4 Å². The summed E-state index contributed by atoms with van der Waals surface area (Å²) in [6.45, 7) is 9.09. The molecule has 0 saturated carbocycles. The highest BCUT2D eigenvalue weighted by atomic mass is 32.1. The van der Waals surface area contributed by atoms with Gasteiger partial charge in [0, 0.05) is 39.9 Å². The fourth-order valence-electron chi connectivity index (χ4n) is 3.48. The lowest BCUT2D eigenvalue weighted by atomic mass is 10.1. The summed E-state index contributed by atoms with van der Waals surface area (Å²) in [5, 5.41) is 0. The molecule has 1 aliphatic rings. The molecule has 140 valence electrons. The number of carbonyl (C=O) groups is 2. The molecule has 3 heterocycles. The van der Waals surface area contributed by atoms with Crippen LogP contribution in [0.4, 0.5) is 0 Å². The molecule has 1 aliphatic heterocycles. The maximum Gasteiger partial charge on any atom is 0.339 e. The highest BCUT2D eigenvalue weighted by Crippen LogP contribution is 2.23. The average molecular weight is 375 g/mol. The van der Waals surface area contributed by atoms with Gasteiger partial charge < -0.3 is 14.0 Å². The van der Waals surface area contributed by atoms with Crippen LogP contribution >= 0.6 is 11.3 Å². The first kappa shape index (κ1) is 18.9. The van der Waals surface area contributed by atoms with Gasteiger partial charge in [0.1, 0.15) is 0 Å². The molecule has 0 bridgehead atoms. The molecule has 0 unspecified atom stereocenters. The molecule has 1 atom stereocenters. The standard InChI is InChI=1S/C20H25NO4S/c1-12-8-17(14(3)21(12)10-16-6-5-7-24-16)19(22)11-25-20(23)18-9-13(2)26-15(18)4/h8-9,16H,5-7,10-11H2,1-4H3/t16-/m1/s1. The summed E-state index contributed by atoms with van der Waals surface area (Å²) in [5.74, 6) is -0.608. The molecule has 2 aromatic heterocycles. The Kier molecular flexibility index (Phi) is 5.63. The number of ether oxygens (including phenoxy) is 2. The van der Waals surface area contributed by atoms with E-state index in [2.05, 4.69) is 4.57 Å². The van der Waals surface area contributed by atoms with Crippen LogP contribution in [0.25, 0.3) is 0 Å². The summed E-state index contributed by atoms with van der Waals surface area (Å²) >= 11 is 1.55. The van der Waals surface area contributed by atoms with Crippen molar-refractivity contribution in [2.45, 2.75) is 53.2 Å². The lowest BCUT2D eigenvalue weighted by Gasteiger charge is -2.14. The highest BCUT2D eigenvalue weighted by Gasteiger charge is 2.22. The van der Waals surface area contributed by atoms with Gasteiger partial charge in [-0.2, -0.15) is 0 Å². The van der Waals surface area contributed by atoms with E-state index in [0.717, 1.165) is 47.1 Å². The third-order valence-corrected chi connectivity index (χ3v) is 5.85. The number of rotatable bonds is 6. The largest absolute Gasteiger partial charge is 0.454 e. The first-order valence-corrected chi connectivity index (χ1v) is 9.74. The maximum absolute atomic E-state index is 12.6. The summed E-state index contributed by atoms with van der Waals surface area (Å²) in [7, 11) is 0. The van der Waals surface area contributed by atoms with Gasteiger partial charge in [-0.3, -0.25) is 4.79 Å². The zero-order chi connectivity index (χ0) is 18.8. The molecule has 2 aromatic rings. The van der Waals surface area contributed by atoms with Crippen LogP contribution < -0.4 is 0 Å². The van der Waals surface area contributed by atoms with E-state index in [4.69, 9.17) is 9.47 Å². The van der Waals surface area contributed by atoms with E-state index in [0.29, 0.717) is 11.1 Å². The number of Topliss-reactive ketones (excluding diaryl/α,β-unsaturated/α-hetero) is 1. The molecule has 6 heteroatoms. The predicted octanol–water partition coefficient (Wildman–Crippen LogP) is 4.00. The van der Waals surface area contributed by atoms with Gasteiger partial charge in [0.25, 0.3) is 0 Å². The van der Waals surface area contributed by atoms with Gasteiger partial charge in [-0.25, -0.2) is 4.79 Å². The minimum absolute atomic E-state index is 0.172. The molecule has 1 fully saturated rings. The van der Waals surface area contributed by atoms with Crippen molar-refractivity contribution in [3.63, 3.8) is 0 Å². The lowest BCUT2D eigenvalue weighted by molar-refractivity contribution is 0.0474. The number of thiophene rings is 1. The lowest BCUT2D eigenvalue weighted by Crippen LogP contribution is -2.18. The minimum Gasteiger partial charge on any atom is -0.454 e. The van der Waals surface area contributed by atoms with Crippen LogP contribution in [0.15, 0.2) is 12.1 Å². The van der Waals surface area contributed by atoms with E-state index in [1.54, 1.807) is 17.4 Å². The third kappa shape index (κ3) is 3.91. The van der Waals surface area contributed by atoms with Gasteiger partial charge in [-0.1, -0.05) is 0 Å². The van der Waals surface area contributed by atoms with E-state index in [-0.39, 0.29) is 18.5 Å². The fourth-order valence-corrected chi connectivity index (χ4v) is 4.39. The Morgan fingerprint density at radius 1 is 1.23 bits per heavy atom. The molecule has 0 aliphatic carbocycles. The molecule has 0 amide bonds. The molecule has 0 N–H and O–H groups in total. The van der Waals surface area contributed by atoms with Gasteiger partial charge >= 0.3 is 5.97 Å². The molecule has 26 heavy (non-hydrogen) atoms. The van der Waals surface area contributed by atoms with Crippen molar-refractivity contribution in [2.75, 3.05) is 13.2 Å². The zero-order valence-corrected chi connectivity index (χ0v) is 16.6. The quantitative estimate of drug-likeness (QED) is 0.566. The Morgan fingerprint density at radius 3 is 2.62 bits per heavy atom. The second-order valence-corrected chi connectivity index (χ2v) is 8.32. The van der Waals surface area contributed by atoms with E-state index in [1.807, 2.05) is 33.8 Å². The molecular formula is C20H25NO4S. The summed E-state index contributed by atoms with van der Waals surface area (Å²) < 4.78 is 13.1. The van der Waals surface area contributed by atoms with Crippen molar-refractivity contribution in [3.8, 4) is 0 Å². The van der Waals surface area contributed by atoms with Crippen LogP contribution in [0.2, 0.25) is 0 Å².